The Bertz CT molecular complexity index is 555. The second-order valence-corrected chi connectivity index (χ2v) is 5.35. The van der Waals surface area contributed by atoms with Crippen molar-refractivity contribution >= 4 is 15.9 Å². The topological polar surface area (TPSA) is 38.0 Å². The first-order chi connectivity index (χ1) is 9.11. The summed E-state index contributed by atoms with van der Waals surface area (Å²) in [5, 5.41) is 0. The number of nitrogens with one attached hydrogen (secondary N) is 1. The molecule has 3 N–H and O–H groups in total. The van der Waals surface area contributed by atoms with E-state index in [0.29, 0.717) is 10.9 Å². The largest absolute Gasteiger partial charge is 0.271 e. The van der Waals surface area contributed by atoms with Crippen molar-refractivity contribution in [3.05, 3.63) is 69.4 Å². The molecular formula is C15H16BrFN2. The molecule has 0 bridgehead atoms. The Hall–Kier alpha value is -1.23. The summed E-state index contributed by atoms with van der Waals surface area (Å²) in [7, 11) is 0. The first-order valence-electron chi connectivity index (χ1n) is 6.07. The van der Waals surface area contributed by atoms with E-state index in [1.165, 1.54) is 11.6 Å². The highest BCUT2D eigenvalue weighted by molar-refractivity contribution is 9.10. The third-order valence-electron chi connectivity index (χ3n) is 3.12. The molecule has 0 aromatic heterocycles. The number of hydrazine groups is 1. The summed E-state index contributed by atoms with van der Waals surface area (Å²) < 4.78 is 14.0. The van der Waals surface area contributed by atoms with Crippen molar-refractivity contribution in [1.29, 1.82) is 0 Å². The van der Waals surface area contributed by atoms with E-state index < -0.39 is 0 Å². The first kappa shape index (κ1) is 14.2. The van der Waals surface area contributed by atoms with Crippen LogP contribution in [0.3, 0.4) is 0 Å². The summed E-state index contributed by atoms with van der Waals surface area (Å²) >= 11 is 3.28. The number of halogens is 2. The number of rotatable bonds is 4. The van der Waals surface area contributed by atoms with Crippen LogP contribution in [0.1, 0.15) is 22.7 Å². The second kappa shape index (κ2) is 6.28. The third-order valence-corrected chi connectivity index (χ3v) is 3.96. The van der Waals surface area contributed by atoms with Gasteiger partial charge in [-0.05, 0) is 46.5 Å². The maximum Gasteiger partial charge on any atom is 0.137 e. The van der Waals surface area contributed by atoms with Gasteiger partial charge in [-0.25, -0.2) is 4.39 Å². The molecule has 0 fully saturated rings. The molecular weight excluding hydrogens is 307 g/mol. The van der Waals surface area contributed by atoms with Gasteiger partial charge >= 0.3 is 0 Å². The predicted octanol–water partition coefficient (Wildman–Crippen LogP) is 3.64. The lowest BCUT2D eigenvalue weighted by Crippen LogP contribution is -2.30. The standard InChI is InChI=1S/C15H16BrFN2/c1-10-5-7-11(8-6-10)9-14(19-18)12-3-2-4-13(17)15(12)16/h2-8,14,19H,9,18H2,1H3. The fourth-order valence-electron chi connectivity index (χ4n) is 2.01. The molecule has 0 saturated carbocycles. The predicted molar refractivity (Wildman–Crippen MR) is 79.0 cm³/mol. The van der Waals surface area contributed by atoms with Crippen molar-refractivity contribution in [2.75, 3.05) is 0 Å². The van der Waals surface area contributed by atoms with E-state index in [0.717, 1.165) is 11.1 Å². The average Bonchev–Trinajstić information content (AvgIpc) is 2.42. The molecule has 0 aliphatic rings. The van der Waals surface area contributed by atoms with Gasteiger partial charge in [0.2, 0.25) is 0 Å². The summed E-state index contributed by atoms with van der Waals surface area (Å²) in [5.41, 5.74) is 5.95. The van der Waals surface area contributed by atoms with Gasteiger partial charge in [-0.15, -0.1) is 0 Å². The molecule has 19 heavy (non-hydrogen) atoms. The minimum atomic E-state index is -0.276. The average molecular weight is 323 g/mol. The maximum atomic E-state index is 13.6. The lowest BCUT2D eigenvalue weighted by Gasteiger charge is -2.18. The quantitative estimate of drug-likeness (QED) is 0.666. The molecule has 2 aromatic carbocycles. The minimum absolute atomic E-state index is 0.132. The Morgan fingerprint density at radius 1 is 1.21 bits per heavy atom. The molecule has 0 radical (unpaired) electrons. The Kier molecular flexibility index (Phi) is 4.69. The van der Waals surface area contributed by atoms with Crippen LogP contribution in [0.15, 0.2) is 46.9 Å². The fourth-order valence-corrected chi connectivity index (χ4v) is 2.55. The van der Waals surface area contributed by atoms with Gasteiger partial charge in [-0.1, -0.05) is 42.0 Å². The third kappa shape index (κ3) is 3.41. The van der Waals surface area contributed by atoms with Crippen molar-refractivity contribution in [2.45, 2.75) is 19.4 Å². The van der Waals surface area contributed by atoms with E-state index in [9.17, 15) is 4.39 Å². The minimum Gasteiger partial charge on any atom is -0.271 e. The molecule has 2 rings (SSSR count). The highest BCUT2D eigenvalue weighted by atomic mass is 79.9. The van der Waals surface area contributed by atoms with Crippen molar-refractivity contribution in [3.63, 3.8) is 0 Å². The summed E-state index contributed by atoms with van der Waals surface area (Å²) in [4.78, 5) is 0. The lowest BCUT2D eigenvalue weighted by atomic mass is 9.99. The number of aryl methyl sites for hydroxylation is 1. The van der Waals surface area contributed by atoms with Crippen LogP contribution in [-0.2, 0) is 6.42 Å². The van der Waals surface area contributed by atoms with Crippen LogP contribution in [0, 0.1) is 12.7 Å². The zero-order chi connectivity index (χ0) is 13.8. The highest BCUT2D eigenvalue weighted by Gasteiger charge is 2.15. The Balaban J connectivity index is 2.25. The summed E-state index contributed by atoms with van der Waals surface area (Å²) in [5.74, 6) is 5.33. The molecule has 2 nitrogen and oxygen atoms in total. The molecule has 0 amide bonds. The van der Waals surface area contributed by atoms with E-state index in [2.05, 4.69) is 45.6 Å². The Labute approximate surface area is 120 Å². The van der Waals surface area contributed by atoms with Gasteiger partial charge in [0, 0.05) is 0 Å². The lowest BCUT2D eigenvalue weighted by molar-refractivity contribution is 0.540. The molecule has 100 valence electrons. The van der Waals surface area contributed by atoms with Crippen LogP contribution in [0.4, 0.5) is 4.39 Å². The van der Waals surface area contributed by atoms with Gasteiger partial charge < -0.3 is 0 Å². The summed E-state index contributed by atoms with van der Waals surface area (Å²) in [6.07, 6.45) is 0.707. The van der Waals surface area contributed by atoms with Crippen LogP contribution in [0.2, 0.25) is 0 Å². The van der Waals surface area contributed by atoms with Gasteiger partial charge in [0.25, 0.3) is 0 Å². The van der Waals surface area contributed by atoms with Crippen LogP contribution in [-0.4, -0.2) is 0 Å². The molecule has 0 aliphatic heterocycles. The molecule has 4 heteroatoms. The molecule has 1 atom stereocenters. The number of hydrogen-bond acceptors (Lipinski definition) is 2. The monoisotopic (exact) mass is 322 g/mol. The number of benzene rings is 2. The molecule has 2 aromatic rings. The van der Waals surface area contributed by atoms with Crippen molar-refractivity contribution in [3.8, 4) is 0 Å². The fraction of sp³-hybridized carbons (Fsp3) is 0.200. The van der Waals surface area contributed by atoms with E-state index in [4.69, 9.17) is 5.84 Å². The SMILES string of the molecule is Cc1ccc(CC(NN)c2cccc(F)c2Br)cc1. The van der Waals surface area contributed by atoms with Crippen molar-refractivity contribution < 1.29 is 4.39 Å². The van der Waals surface area contributed by atoms with E-state index in [-0.39, 0.29) is 11.9 Å². The molecule has 0 spiro atoms. The number of nitrogens with two attached hydrogens (primary N) is 1. The van der Waals surface area contributed by atoms with E-state index in [1.54, 1.807) is 6.07 Å². The number of hydrogen-bond donors (Lipinski definition) is 2. The first-order valence-corrected chi connectivity index (χ1v) is 6.86. The zero-order valence-corrected chi connectivity index (χ0v) is 12.2. The molecule has 0 heterocycles. The van der Waals surface area contributed by atoms with Gasteiger partial charge in [0.15, 0.2) is 0 Å². The van der Waals surface area contributed by atoms with Crippen molar-refractivity contribution in [2.24, 2.45) is 5.84 Å². The van der Waals surface area contributed by atoms with Crippen LogP contribution < -0.4 is 11.3 Å². The highest BCUT2D eigenvalue weighted by Crippen LogP contribution is 2.28. The summed E-state index contributed by atoms with van der Waals surface area (Å²) in [6, 6.07) is 13.1. The Morgan fingerprint density at radius 2 is 1.89 bits per heavy atom. The van der Waals surface area contributed by atoms with Crippen LogP contribution in [0.25, 0.3) is 0 Å². The van der Waals surface area contributed by atoms with Gasteiger partial charge in [-0.2, -0.15) is 0 Å². The molecule has 0 aliphatic carbocycles. The summed E-state index contributed by atoms with van der Waals surface area (Å²) in [6.45, 7) is 2.05. The smallest absolute Gasteiger partial charge is 0.137 e. The molecule has 0 saturated heterocycles. The van der Waals surface area contributed by atoms with Gasteiger partial charge in [0.1, 0.15) is 5.82 Å². The zero-order valence-electron chi connectivity index (χ0n) is 10.7. The maximum absolute atomic E-state index is 13.6. The van der Waals surface area contributed by atoms with Crippen molar-refractivity contribution in [1.82, 2.24) is 5.43 Å². The van der Waals surface area contributed by atoms with Gasteiger partial charge in [-0.3, -0.25) is 11.3 Å². The Morgan fingerprint density at radius 3 is 2.53 bits per heavy atom. The van der Waals surface area contributed by atoms with E-state index >= 15 is 0 Å². The molecule has 1 unspecified atom stereocenters. The normalized spacial score (nSPS) is 12.4. The van der Waals surface area contributed by atoms with E-state index in [1.807, 2.05) is 13.0 Å². The van der Waals surface area contributed by atoms with Gasteiger partial charge in [0.05, 0.1) is 10.5 Å². The van der Waals surface area contributed by atoms with Crippen LogP contribution in [0.5, 0.6) is 0 Å². The van der Waals surface area contributed by atoms with Crippen LogP contribution >= 0.6 is 15.9 Å². The second-order valence-electron chi connectivity index (χ2n) is 4.55.